The van der Waals surface area contributed by atoms with Crippen molar-refractivity contribution in [2.75, 3.05) is 11.1 Å². The predicted molar refractivity (Wildman–Crippen MR) is 73.7 cm³/mol. The molecule has 0 amide bonds. The highest BCUT2D eigenvalue weighted by molar-refractivity contribution is 7.99. The molecule has 0 unspecified atom stereocenters. The Morgan fingerprint density at radius 1 is 1.11 bits per heavy atom. The summed E-state index contributed by atoms with van der Waals surface area (Å²) in [4.78, 5) is 0.686. The first-order chi connectivity index (χ1) is 9.04. The van der Waals surface area contributed by atoms with Crippen molar-refractivity contribution in [3.63, 3.8) is 0 Å². The van der Waals surface area contributed by atoms with E-state index in [9.17, 15) is 13.2 Å². The van der Waals surface area contributed by atoms with Gasteiger partial charge in [0.2, 0.25) is 0 Å². The van der Waals surface area contributed by atoms with Crippen molar-refractivity contribution in [2.24, 2.45) is 0 Å². The molecule has 0 radical (unpaired) electrons. The van der Waals surface area contributed by atoms with Crippen molar-refractivity contribution >= 4 is 17.4 Å². The number of anilines is 1. The summed E-state index contributed by atoms with van der Waals surface area (Å²) in [7, 11) is 0. The molecule has 1 aromatic carbocycles. The molecule has 1 saturated carbocycles. The van der Waals surface area contributed by atoms with E-state index in [4.69, 9.17) is 0 Å². The Morgan fingerprint density at radius 2 is 1.79 bits per heavy atom. The lowest BCUT2D eigenvalue weighted by Gasteiger charge is -2.25. The number of rotatable bonds is 4. The van der Waals surface area contributed by atoms with E-state index in [1.807, 2.05) is 12.1 Å². The van der Waals surface area contributed by atoms with Crippen LogP contribution in [-0.2, 0) is 0 Å². The third-order valence-corrected chi connectivity index (χ3v) is 4.38. The summed E-state index contributed by atoms with van der Waals surface area (Å²) < 4.78 is 36.9. The molecule has 0 atom stereocenters. The van der Waals surface area contributed by atoms with Crippen molar-refractivity contribution in [1.29, 1.82) is 0 Å². The first-order valence-electron chi connectivity index (χ1n) is 6.60. The van der Waals surface area contributed by atoms with E-state index in [2.05, 4.69) is 5.32 Å². The van der Waals surface area contributed by atoms with Gasteiger partial charge in [0, 0.05) is 16.6 Å². The zero-order chi connectivity index (χ0) is 13.7. The molecular weight excluding hydrogens is 271 g/mol. The Balaban J connectivity index is 1.99. The lowest BCUT2D eigenvalue weighted by molar-refractivity contribution is -0.105. The van der Waals surface area contributed by atoms with Gasteiger partial charge in [-0.25, -0.2) is 0 Å². The van der Waals surface area contributed by atoms with Gasteiger partial charge in [-0.15, -0.1) is 11.8 Å². The smallest absolute Gasteiger partial charge is 0.381 e. The van der Waals surface area contributed by atoms with E-state index in [1.54, 1.807) is 12.1 Å². The van der Waals surface area contributed by atoms with Crippen LogP contribution in [0.5, 0.6) is 0 Å². The predicted octanol–water partition coefficient (Wildman–Crippen LogP) is 5.09. The van der Waals surface area contributed by atoms with Crippen molar-refractivity contribution in [1.82, 2.24) is 0 Å². The molecule has 1 aliphatic carbocycles. The third-order valence-electron chi connectivity index (χ3n) is 3.24. The molecule has 0 bridgehead atoms. The van der Waals surface area contributed by atoms with Crippen LogP contribution in [-0.4, -0.2) is 18.0 Å². The lowest BCUT2D eigenvalue weighted by Crippen LogP contribution is -2.22. The Morgan fingerprint density at radius 3 is 2.47 bits per heavy atom. The van der Waals surface area contributed by atoms with Crippen LogP contribution in [0.25, 0.3) is 0 Å². The van der Waals surface area contributed by atoms with Crippen LogP contribution >= 0.6 is 11.8 Å². The highest BCUT2D eigenvalue weighted by Crippen LogP contribution is 2.33. The average Bonchev–Trinajstić information content (AvgIpc) is 2.38. The maximum absolute atomic E-state index is 12.3. The highest BCUT2D eigenvalue weighted by atomic mass is 32.2. The van der Waals surface area contributed by atoms with Crippen molar-refractivity contribution in [3.05, 3.63) is 24.3 Å². The number of halogens is 3. The second kappa shape index (κ2) is 6.55. The summed E-state index contributed by atoms with van der Waals surface area (Å²) in [6.07, 6.45) is 1.77. The summed E-state index contributed by atoms with van der Waals surface area (Å²) >= 11 is 0.855. The maximum atomic E-state index is 12.3. The van der Waals surface area contributed by atoms with E-state index in [0.29, 0.717) is 10.9 Å². The second-order valence-electron chi connectivity index (χ2n) is 4.88. The fourth-order valence-electron chi connectivity index (χ4n) is 2.34. The van der Waals surface area contributed by atoms with Gasteiger partial charge in [0.15, 0.2) is 0 Å². The van der Waals surface area contributed by atoms with E-state index in [1.165, 1.54) is 19.3 Å². The van der Waals surface area contributed by atoms with Crippen molar-refractivity contribution in [2.45, 2.75) is 49.2 Å². The van der Waals surface area contributed by atoms with Gasteiger partial charge in [-0.1, -0.05) is 31.4 Å². The minimum atomic E-state index is -4.12. The standard InChI is InChI=1S/C14H18F3NS/c15-14(16,17)10-19-13-9-5-4-8-12(13)18-11-6-2-1-3-7-11/h4-5,8-9,11,18H,1-3,6-7,10H2. The molecule has 0 aliphatic heterocycles. The molecule has 0 saturated heterocycles. The van der Waals surface area contributed by atoms with Gasteiger partial charge in [-0.2, -0.15) is 13.2 Å². The van der Waals surface area contributed by atoms with E-state index < -0.39 is 11.9 Å². The summed E-state index contributed by atoms with van der Waals surface area (Å²) in [5.74, 6) is -0.837. The number of para-hydroxylation sites is 1. The Bertz CT molecular complexity index is 400. The van der Waals surface area contributed by atoms with Gasteiger partial charge < -0.3 is 5.32 Å². The molecular formula is C14H18F3NS. The van der Waals surface area contributed by atoms with Crippen LogP contribution < -0.4 is 5.32 Å². The summed E-state index contributed by atoms with van der Waals surface area (Å²) in [5, 5.41) is 3.40. The van der Waals surface area contributed by atoms with Gasteiger partial charge in [0.05, 0.1) is 5.75 Å². The van der Waals surface area contributed by atoms with Crippen LogP contribution in [0, 0.1) is 0 Å². The number of hydrogen-bond donors (Lipinski definition) is 1. The molecule has 2 rings (SSSR count). The average molecular weight is 289 g/mol. The zero-order valence-electron chi connectivity index (χ0n) is 10.7. The molecule has 1 fully saturated rings. The molecule has 1 nitrogen and oxygen atoms in total. The zero-order valence-corrected chi connectivity index (χ0v) is 11.5. The summed E-state index contributed by atoms with van der Waals surface area (Å²) in [6.45, 7) is 0. The summed E-state index contributed by atoms with van der Waals surface area (Å²) in [5.41, 5.74) is 0.837. The number of thioether (sulfide) groups is 1. The van der Waals surface area contributed by atoms with E-state index in [-0.39, 0.29) is 0 Å². The van der Waals surface area contributed by atoms with Crippen LogP contribution in [0.1, 0.15) is 32.1 Å². The Kier molecular flexibility index (Phi) is 5.02. The molecule has 5 heteroatoms. The molecule has 1 N–H and O–H groups in total. The summed E-state index contributed by atoms with van der Waals surface area (Å²) in [6, 6.07) is 7.67. The topological polar surface area (TPSA) is 12.0 Å². The first-order valence-corrected chi connectivity index (χ1v) is 7.58. The SMILES string of the molecule is FC(F)(F)CSc1ccccc1NC1CCCCC1. The Labute approximate surface area is 116 Å². The molecule has 0 aromatic heterocycles. The third kappa shape index (κ3) is 4.97. The lowest BCUT2D eigenvalue weighted by atomic mass is 9.95. The fourth-order valence-corrected chi connectivity index (χ4v) is 3.11. The molecule has 0 spiro atoms. The van der Waals surface area contributed by atoms with Crippen LogP contribution in [0.15, 0.2) is 29.2 Å². The molecule has 1 aliphatic rings. The highest BCUT2D eigenvalue weighted by Gasteiger charge is 2.27. The molecule has 1 aromatic rings. The van der Waals surface area contributed by atoms with Gasteiger partial charge in [0.25, 0.3) is 0 Å². The number of benzene rings is 1. The minimum absolute atomic E-state index is 0.404. The van der Waals surface area contributed by atoms with E-state index >= 15 is 0 Å². The largest absolute Gasteiger partial charge is 0.398 e. The monoisotopic (exact) mass is 289 g/mol. The van der Waals surface area contributed by atoms with Crippen LogP contribution in [0.2, 0.25) is 0 Å². The number of nitrogens with one attached hydrogen (secondary N) is 1. The van der Waals surface area contributed by atoms with Crippen molar-refractivity contribution < 1.29 is 13.2 Å². The molecule has 106 valence electrons. The minimum Gasteiger partial charge on any atom is -0.381 e. The maximum Gasteiger partial charge on any atom is 0.398 e. The van der Waals surface area contributed by atoms with Gasteiger partial charge in [-0.05, 0) is 25.0 Å². The molecule has 0 heterocycles. The number of hydrogen-bond acceptors (Lipinski definition) is 2. The van der Waals surface area contributed by atoms with Crippen molar-refractivity contribution in [3.8, 4) is 0 Å². The molecule has 19 heavy (non-hydrogen) atoms. The van der Waals surface area contributed by atoms with E-state index in [0.717, 1.165) is 30.3 Å². The Hall–Kier alpha value is -0.840. The van der Waals surface area contributed by atoms with Gasteiger partial charge in [-0.3, -0.25) is 0 Å². The normalized spacial score (nSPS) is 17.4. The number of alkyl halides is 3. The first kappa shape index (κ1) is 14.6. The van der Waals surface area contributed by atoms with Gasteiger partial charge >= 0.3 is 6.18 Å². The van der Waals surface area contributed by atoms with Crippen LogP contribution in [0.4, 0.5) is 18.9 Å². The fraction of sp³-hybridized carbons (Fsp3) is 0.571. The van der Waals surface area contributed by atoms with Crippen LogP contribution in [0.3, 0.4) is 0 Å². The quantitative estimate of drug-likeness (QED) is 0.775. The van der Waals surface area contributed by atoms with Gasteiger partial charge in [0.1, 0.15) is 0 Å². The second-order valence-corrected chi connectivity index (χ2v) is 5.90.